The summed E-state index contributed by atoms with van der Waals surface area (Å²) in [6.45, 7) is 3.75. The summed E-state index contributed by atoms with van der Waals surface area (Å²) < 4.78 is 5.32. The predicted molar refractivity (Wildman–Crippen MR) is 89.7 cm³/mol. The van der Waals surface area contributed by atoms with E-state index in [4.69, 9.17) is 9.84 Å². The van der Waals surface area contributed by atoms with Crippen LogP contribution in [0.1, 0.15) is 71.1 Å². The number of rotatable bonds is 10. The molecule has 0 unspecified atom stereocenters. The summed E-state index contributed by atoms with van der Waals surface area (Å²) in [6, 6.07) is 0. The molecule has 134 valence electrons. The molecule has 0 bridgehead atoms. The second-order valence-corrected chi connectivity index (χ2v) is 6.28. The summed E-state index contributed by atoms with van der Waals surface area (Å²) in [5.41, 5.74) is 0. The molecule has 0 saturated carbocycles. The van der Waals surface area contributed by atoms with Crippen molar-refractivity contribution in [2.24, 2.45) is 0 Å². The van der Waals surface area contributed by atoms with E-state index in [2.05, 4.69) is 12.2 Å². The number of alkyl carbamates (subject to hydrolysis) is 1. The summed E-state index contributed by atoms with van der Waals surface area (Å²) in [7, 11) is 0. The number of carbonyl (C=O) groups is 2. The summed E-state index contributed by atoms with van der Waals surface area (Å²) in [5.74, 6) is 0. The average molecular weight is 328 g/mol. The van der Waals surface area contributed by atoms with Gasteiger partial charge in [0.1, 0.15) is 6.10 Å². The smallest absolute Gasteiger partial charge is 0.407 e. The summed E-state index contributed by atoms with van der Waals surface area (Å²) in [4.78, 5) is 23.8. The molecule has 0 aliphatic carbocycles. The topological polar surface area (TPSA) is 78.9 Å². The highest BCUT2D eigenvalue weighted by atomic mass is 16.6. The highest BCUT2D eigenvalue weighted by molar-refractivity contribution is 5.67. The molecule has 2 N–H and O–H groups in total. The number of nitrogens with one attached hydrogen (secondary N) is 1. The van der Waals surface area contributed by atoms with Gasteiger partial charge >= 0.3 is 12.2 Å². The third kappa shape index (κ3) is 9.31. The zero-order valence-electron chi connectivity index (χ0n) is 14.4. The third-order valence-corrected chi connectivity index (χ3v) is 4.29. The van der Waals surface area contributed by atoms with Gasteiger partial charge in [0, 0.05) is 32.5 Å². The molecule has 2 amide bonds. The van der Waals surface area contributed by atoms with E-state index in [0.29, 0.717) is 32.5 Å². The molecule has 1 fully saturated rings. The predicted octanol–water partition coefficient (Wildman–Crippen LogP) is 4.00. The van der Waals surface area contributed by atoms with Crippen molar-refractivity contribution in [2.75, 3.05) is 19.6 Å². The van der Waals surface area contributed by atoms with Gasteiger partial charge in [0.25, 0.3) is 0 Å². The number of ether oxygens (including phenoxy) is 1. The standard InChI is InChI=1S/C17H32N2O4/c1-2-3-4-5-6-7-8-9-12-18-16(20)23-15-10-13-19(14-11-15)17(21)22/h15H,2-14H2,1H3,(H,18,20)(H,21,22). The lowest BCUT2D eigenvalue weighted by Gasteiger charge is -2.29. The van der Waals surface area contributed by atoms with Gasteiger partial charge < -0.3 is 20.1 Å². The van der Waals surface area contributed by atoms with Crippen molar-refractivity contribution < 1.29 is 19.4 Å². The highest BCUT2D eigenvalue weighted by Crippen LogP contribution is 2.14. The largest absolute Gasteiger partial charge is 0.465 e. The first-order valence-electron chi connectivity index (χ1n) is 9.05. The first-order chi connectivity index (χ1) is 11.1. The van der Waals surface area contributed by atoms with E-state index in [1.807, 2.05) is 0 Å². The molecule has 1 rings (SSSR count). The van der Waals surface area contributed by atoms with Gasteiger partial charge in [-0.15, -0.1) is 0 Å². The van der Waals surface area contributed by atoms with Crippen molar-refractivity contribution in [2.45, 2.75) is 77.2 Å². The molecule has 1 aliphatic heterocycles. The number of carboxylic acid groups (broad SMARTS) is 1. The van der Waals surface area contributed by atoms with Crippen LogP contribution in [0.2, 0.25) is 0 Å². The number of unbranched alkanes of at least 4 members (excludes halogenated alkanes) is 7. The molecule has 0 aromatic heterocycles. The first kappa shape index (κ1) is 19.6. The molecular formula is C17H32N2O4. The number of hydrogen-bond donors (Lipinski definition) is 2. The number of carbonyl (C=O) groups excluding carboxylic acids is 1. The number of nitrogens with zero attached hydrogens (tertiary/aromatic N) is 1. The van der Waals surface area contributed by atoms with Gasteiger partial charge in [-0.25, -0.2) is 9.59 Å². The van der Waals surface area contributed by atoms with Gasteiger partial charge in [-0.1, -0.05) is 51.9 Å². The number of hydrogen-bond acceptors (Lipinski definition) is 3. The van der Waals surface area contributed by atoms with Crippen molar-refractivity contribution in [1.82, 2.24) is 10.2 Å². The van der Waals surface area contributed by atoms with Crippen molar-refractivity contribution in [1.29, 1.82) is 0 Å². The van der Waals surface area contributed by atoms with E-state index in [1.165, 1.54) is 43.4 Å². The molecule has 1 aliphatic rings. The molecule has 0 radical (unpaired) electrons. The number of piperidine rings is 1. The van der Waals surface area contributed by atoms with Gasteiger partial charge in [-0.05, 0) is 6.42 Å². The molecule has 1 heterocycles. The molecule has 0 spiro atoms. The molecule has 1 saturated heterocycles. The maximum Gasteiger partial charge on any atom is 0.407 e. The Balaban J connectivity index is 1.94. The molecule has 23 heavy (non-hydrogen) atoms. The van der Waals surface area contributed by atoms with Crippen LogP contribution in [0, 0.1) is 0 Å². The number of amides is 2. The van der Waals surface area contributed by atoms with Crippen LogP contribution in [0.4, 0.5) is 9.59 Å². The zero-order chi connectivity index (χ0) is 16.9. The Hall–Kier alpha value is -1.46. The maximum atomic E-state index is 11.7. The summed E-state index contributed by atoms with van der Waals surface area (Å²) in [6.07, 6.45) is 9.63. The quantitative estimate of drug-likeness (QED) is 0.594. The Morgan fingerprint density at radius 1 is 1.04 bits per heavy atom. The van der Waals surface area contributed by atoms with Gasteiger partial charge in [0.05, 0.1) is 0 Å². The van der Waals surface area contributed by atoms with E-state index in [1.54, 1.807) is 0 Å². The summed E-state index contributed by atoms with van der Waals surface area (Å²) >= 11 is 0. The minimum Gasteiger partial charge on any atom is -0.465 e. The minimum atomic E-state index is -0.900. The van der Waals surface area contributed by atoms with Crippen molar-refractivity contribution >= 4 is 12.2 Å². The van der Waals surface area contributed by atoms with Crippen molar-refractivity contribution in [3.05, 3.63) is 0 Å². The van der Waals surface area contributed by atoms with Gasteiger partial charge in [-0.2, -0.15) is 0 Å². The fourth-order valence-corrected chi connectivity index (χ4v) is 2.81. The Kier molecular flexibility index (Phi) is 10.2. The van der Waals surface area contributed by atoms with Crippen LogP contribution in [0.3, 0.4) is 0 Å². The molecule has 0 atom stereocenters. The molecule has 6 heteroatoms. The molecule has 0 aromatic carbocycles. The van der Waals surface area contributed by atoms with E-state index in [9.17, 15) is 9.59 Å². The van der Waals surface area contributed by atoms with E-state index in [0.717, 1.165) is 12.8 Å². The van der Waals surface area contributed by atoms with E-state index >= 15 is 0 Å². The van der Waals surface area contributed by atoms with Crippen LogP contribution >= 0.6 is 0 Å². The van der Waals surface area contributed by atoms with E-state index < -0.39 is 6.09 Å². The lowest BCUT2D eigenvalue weighted by atomic mass is 10.1. The Bertz CT molecular complexity index is 341. The maximum absolute atomic E-state index is 11.7. The third-order valence-electron chi connectivity index (χ3n) is 4.29. The summed E-state index contributed by atoms with van der Waals surface area (Å²) in [5, 5.41) is 11.6. The minimum absolute atomic E-state index is 0.163. The fourth-order valence-electron chi connectivity index (χ4n) is 2.81. The highest BCUT2D eigenvalue weighted by Gasteiger charge is 2.24. The Morgan fingerprint density at radius 2 is 1.61 bits per heavy atom. The van der Waals surface area contributed by atoms with Gasteiger partial charge in [0.2, 0.25) is 0 Å². The van der Waals surface area contributed by atoms with Crippen LogP contribution in [-0.2, 0) is 4.74 Å². The second kappa shape index (κ2) is 12.0. The monoisotopic (exact) mass is 328 g/mol. The van der Waals surface area contributed by atoms with Crippen LogP contribution in [0.25, 0.3) is 0 Å². The zero-order valence-corrected chi connectivity index (χ0v) is 14.4. The van der Waals surface area contributed by atoms with Crippen LogP contribution in [0.5, 0.6) is 0 Å². The fraction of sp³-hybridized carbons (Fsp3) is 0.882. The van der Waals surface area contributed by atoms with Gasteiger partial charge in [0.15, 0.2) is 0 Å². The second-order valence-electron chi connectivity index (χ2n) is 6.28. The Labute approximate surface area is 139 Å². The lowest BCUT2D eigenvalue weighted by molar-refractivity contribution is 0.0511. The first-order valence-corrected chi connectivity index (χ1v) is 9.05. The lowest BCUT2D eigenvalue weighted by Crippen LogP contribution is -2.41. The molecular weight excluding hydrogens is 296 g/mol. The van der Waals surface area contributed by atoms with Crippen LogP contribution in [0.15, 0.2) is 0 Å². The van der Waals surface area contributed by atoms with Gasteiger partial charge in [-0.3, -0.25) is 0 Å². The molecule has 6 nitrogen and oxygen atoms in total. The Morgan fingerprint density at radius 3 is 2.17 bits per heavy atom. The van der Waals surface area contributed by atoms with Crippen molar-refractivity contribution in [3.63, 3.8) is 0 Å². The van der Waals surface area contributed by atoms with Crippen LogP contribution < -0.4 is 5.32 Å². The number of likely N-dealkylation sites (tertiary alicyclic amines) is 1. The average Bonchev–Trinajstić information content (AvgIpc) is 2.54. The van der Waals surface area contributed by atoms with E-state index in [-0.39, 0.29) is 12.2 Å². The normalized spacial score (nSPS) is 15.4. The van der Waals surface area contributed by atoms with Crippen molar-refractivity contribution in [3.8, 4) is 0 Å². The van der Waals surface area contributed by atoms with Crippen LogP contribution in [-0.4, -0.2) is 47.9 Å². The molecule has 0 aromatic rings. The SMILES string of the molecule is CCCCCCCCCCNC(=O)OC1CCN(C(=O)O)CC1.